The maximum Gasteiger partial charge on any atom is 0.331 e. The van der Waals surface area contributed by atoms with Crippen molar-refractivity contribution in [2.24, 2.45) is 4.99 Å². The van der Waals surface area contributed by atoms with E-state index in [1.807, 2.05) is 78.9 Å². The number of anilines is 1. The Kier molecular flexibility index (Phi) is 6.71. The molecule has 4 rings (SSSR count). The first-order valence-electron chi connectivity index (χ1n) is 10.5. The fraction of sp³-hybridized carbons (Fsp3) is 0.192. The molecule has 1 atom stereocenters. The van der Waals surface area contributed by atoms with Gasteiger partial charge in [-0.05, 0) is 35.2 Å². The van der Waals surface area contributed by atoms with Gasteiger partial charge in [0.2, 0.25) is 0 Å². The second-order valence-electron chi connectivity index (χ2n) is 7.45. The van der Waals surface area contributed by atoms with Crippen molar-refractivity contribution in [3.8, 4) is 11.1 Å². The van der Waals surface area contributed by atoms with Crippen LogP contribution in [-0.4, -0.2) is 36.6 Å². The molecule has 1 heterocycles. The lowest BCUT2D eigenvalue weighted by molar-refractivity contribution is -0.141. The van der Waals surface area contributed by atoms with Gasteiger partial charge in [0.05, 0.1) is 12.8 Å². The van der Waals surface area contributed by atoms with Gasteiger partial charge in [-0.15, -0.1) is 0 Å². The first-order chi connectivity index (χ1) is 15.6. The van der Waals surface area contributed by atoms with Crippen molar-refractivity contribution in [1.82, 2.24) is 0 Å². The minimum absolute atomic E-state index is 0.182. The van der Waals surface area contributed by atoms with Crippen LogP contribution in [0.4, 0.5) is 5.69 Å². The number of rotatable bonds is 5. The van der Waals surface area contributed by atoms with Crippen molar-refractivity contribution >= 4 is 36.0 Å². The second kappa shape index (κ2) is 9.83. The Morgan fingerprint density at radius 1 is 0.969 bits per heavy atom. The van der Waals surface area contributed by atoms with Crippen molar-refractivity contribution in [3.05, 3.63) is 90.0 Å². The van der Waals surface area contributed by atoms with Gasteiger partial charge < -0.3 is 4.74 Å². The van der Waals surface area contributed by atoms with Gasteiger partial charge in [-0.1, -0.05) is 66.7 Å². The van der Waals surface area contributed by atoms with E-state index in [1.165, 1.54) is 7.11 Å². The fourth-order valence-corrected chi connectivity index (χ4v) is 4.16. The highest BCUT2D eigenvalue weighted by molar-refractivity contribution is 7.80. The lowest BCUT2D eigenvalue weighted by atomic mass is 9.96. The first kappa shape index (κ1) is 21.8. The molecule has 3 aromatic rings. The van der Waals surface area contributed by atoms with Crippen LogP contribution < -0.4 is 4.90 Å². The van der Waals surface area contributed by atoms with Gasteiger partial charge in [-0.2, -0.15) is 12.6 Å². The van der Waals surface area contributed by atoms with Crippen molar-refractivity contribution in [3.63, 3.8) is 0 Å². The summed E-state index contributed by atoms with van der Waals surface area (Å²) >= 11 is 4.27. The number of thiol groups is 1. The molecule has 32 heavy (non-hydrogen) atoms. The minimum Gasteiger partial charge on any atom is -0.467 e. The number of methoxy groups -OCH3 is 1. The van der Waals surface area contributed by atoms with E-state index < -0.39 is 12.0 Å². The summed E-state index contributed by atoms with van der Waals surface area (Å²) in [5.41, 5.74) is 4.23. The minimum atomic E-state index is -0.775. The summed E-state index contributed by atoms with van der Waals surface area (Å²) in [5, 5.41) is 0. The summed E-state index contributed by atoms with van der Waals surface area (Å²) in [6, 6.07) is 24.4. The molecule has 1 amide bonds. The van der Waals surface area contributed by atoms with Crippen LogP contribution in [0.3, 0.4) is 0 Å². The number of benzene rings is 3. The van der Waals surface area contributed by atoms with Crippen LogP contribution >= 0.6 is 12.6 Å². The maximum absolute atomic E-state index is 14.0. The number of para-hydroxylation sites is 1. The number of carbonyl (C=O) groups excluding carboxylic acids is 2. The molecule has 0 bridgehead atoms. The normalized spacial score (nSPS) is 15.2. The maximum atomic E-state index is 14.0. The first-order valence-corrected chi connectivity index (χ1v) is 11.1. The smallest absolute Gasteiger partial charge is 0.331 e. The lowest BCUT2D eigenvalue weighted by Crippen LogP contribution is -2.42. The predicted octanol–water partition coefficient (Wildman–Crippen LogP) is 4.82. The van der Waals surface area contributed by atoms with E-state index in [1.54, 1.807) is 4.90 Å². The monoisotopic (exact) mass is 444 g/mol. The summed E-state index contributed by atoms with van der Waals surface area (Å²) in [4.78, 5) is 32.4. The zero-order chi connectivity index (χ0) is 22.5. The van der Waals surface area contributed by atoms with Gasteiger partial charge in [0.1, 0.15) is 5.84 Å². The SMILES string of the molecule is COC(=O)[C@@H](CS)N=C1CCc2ccccc2N1C(=O)c1ccccc1-c1ccccc1. The summed E-state index contributed by atoms with van der Waals surface area (Å²) in [5.74, 6) is 0.0862. The molecule has 6 heteroatoms. The Hall–Kier alpha value is -3.38. The van der Waals surface area contributed by atoms with Crippen molar-refractivity contribution in [2.75, 3.05) is 17.8 Å². The molecule has 0 spiro atoms. The zero-order valence-electron chi connectivity index (χ0n) is 17.8. The number of amides is 1. The summed E-state index contributed by atoms with van der Waals surface area (Å²) in [7, 11) is 1.33. The van der Waals surface area contributed by atoms with Gasteiger partial charge in [-0.25, -0.2) is 4.79 Å². The van der Waals surface area contributed by atoms with Gasteiger partial charge in [0, 0.05) is 17.7 Å². The molecule has 0 unspecified atom stereocenters. The standard InChI is InChI=1S/C26H24N2O3S/c1-31-26(30)22(17-32)27-24-16-15-19-11-5-8-14-23(19)28(24)25(29)21-13-7-6-12-20(21)18-9-3-2-4-10-18/h2-14,22,32H,15-17H2,1H3/t22-/m1/s1. The van der Waals surface area contributed by atoms with E-state index in [9.17, 15) is 9.59 Å². The molecule has 3 aromatic carbocycles. The fourth-order valence-electron chi connectivity index (χ4n) is 3.93. The second-order valence-corrected chi connectivity index (χ2v) is 7.81. The van der Waals surface area contributed by atoms with E-state index in [0.717, 1.165) is 28.8 Å². The van der Waals surface area contributed by atoms with E-state index in [2.05, 4.69) is 17.6 Å². The molecular weight excluding hydrogens is 420 g/mol. The number of hydrogen-bond acceptors (Lipinski definition) is 5. The van der Waals surface area contributed by atoms with E-state index >= 15 is 0 Å². The third-order valence-electron chi connectivity index (χ3n) is 5.50. The highest BCUT2D eigenvalue weighted by Gasteiger charge is 2.31. The quantitative estimate of drug-likeness (QED) is 0.454. The molecule has 5 nitrogen and oxygen atoms in total. The molecule has 0 radical (unpaired) electrons. The molecular formula is C26H24N2O3S. The van der Waals surface area contributed by atoms with Crippen LogP contribution in [0.1, 0.15) is 22.3 Å². The highest BCUT2D eigenvalue weighted by atomic mass is 32.1. The Labute approximate surface area is 193 Å². The van der Waals surface area contributed by atoms with Crippen LogP contribution in [0.5, 0.6) is 0 Å². The van der Waals surface area contributed by atoms with Crippen LogP contribution in [0, 0.1) is 0 Å². The zero-order valence-corrected chi connectivity index (χ0v) is 18.7. The number of amidine groups is 1. The number of carbonyl (C=O) groups is 2. The largest absolute Gasteiger partial charge is 0.467 e. The molecule has 0 N–H and O–H groups in total. The van der Waals surface area contributed by atoms with E-state index in [4.69, 9.17) is 4.74 Å². The Bertz CT molecular complexity index is 1160. The van der Waals surface area contributed by atoms with Crippen LogP contribution in [0.2, 0.25) is 0 Å². The third kappa shape index (κ3) is 4.32. The Morgan fingerprint density at radius 2 is 1.66 bits per heavy atom. The molecule has 0 aromatic heterocycles. The molecule has 0 saturated carbocycles. The average Bonchev–Trinajstić information content (AvgIpc) is 2.86. The predicted molar refractivity (Wildman–Crippen MR) is 131 cm³/mol. The Morgan fingerprint density at radius 3 is 2.41 bits per heavy atom. The topological polar surface area (TPSA) is 59.0 Å². The number of esters is 1. The summed E-state index contributed by atoms with van der Waals surface area (Å²) < 4.78 is 4.87. The lowest BCUT2D eigenvalue weighted by Gasteiger charge is -2.32. The number of aliphatic imine (C=N–C) groups is 1. The molecule has 1 aliphatic heterocycles. The van der Waals surface area contributed by atoms with Crippen molar-refractivity contribution in [1.29, 1.82) is 0 Å². The number of nitrogens with zero attached hydrogens (tertiary/aromatic N) is 2. The van der Waals surface area contributed by atoms with Crippen molar-refractivity contribution < 1.29 is 14.3 Å². The average molecular weight is 445 g/mol. The van der Waals surface area contributed by atoms with Gasteiger partial charge in [0.15, 0.2) is 6.04 Å². The van der Waals surface area contributed by atoms with Crippen LogP contribution in [0.25, 0.3) is 11.1 Å². The van der Waals surface area contributed by atoms with Gasteiger partial charge >= 0.3 is 5.97 Å². The molecule has 0 saturated heterocycles. The molecule has 162 valence electrons. The highest BCUT2D eigenvalue weighted by Crippen LogP contribution is 2.32. The van der Waals surface area contributed by atoms with E-state index in [0.29, 0.717) is 17.8 Å². The Balaban J connectivity index is 1.83. The van der Waals surface area contributed by atoms with Gasteiger partial charge in [-0.3, -0.25) is 14.7 Å². The third-order valence-corrected chi connectivity index (χ3v) is 5.85. The number of aryl methyl sites for hydroxylation is 1. The number of ether oxygens (including phenoxy) is 1. The van der Waals surface area contributed by atoms with Crippen LogP contribution in [0.15, 0.2) is 83.9 Å². The summed E-state index contributed by atoms with van der Waals surface area (Å²) in [6.07, 6.45) is 1.27. The van der Waals surface area contributed by atoms with Crippen molar-refractivity contribution in [2.45, 2.75) is 18.9 Å². The van der Waals surface area contributed by atoms with E-state index in [-0.39, 0.29) is 11.7 Å². The number of hydrogen-bond donors (Lipinski definition) is 1. The number of fused-ring (bicyclic) bond motifs is 1. The van der Waals surface area contributed by atoms with Gasteiger partial charge in [0.25, 0.3) is 5.91 Å². The summed E-state index contributed by atoms with van der Waals surface area (Å²) in [6.45, 7) is 0. The molecule has 0 aliphatic carbocycles. The molecule has 0 fully saturated rings. The van der Waals surface area contributed by atoms with Crippen LogP contribution in [-0.2, 0) is 16.0 Å². The molecule has 1 aliphatic rings.